The topological polar surface area (TPSA) is 49.8 Å². The minimum Gasteiger partial charge on any atom is -0.370 e. The van der Waals surface area contributed by atoms with Gasteiger partial charge in [-0.15, -0.1) is 0 Å². The predicted molar refractivity (Wildman–Crippen MR) is 80.7 cm³/mol. The van der Waals surface area contributed by atoms with Crippen LogP contribution in [0.25, 0.3) is 0 Å². The number of anilines is 2. The smallest absolute Gasteiger partial charge is 0.134 e. The SMILES string of the molecule is CCCNc1ncnc(NC2CCCCCC2)c1C. The molecule has 0 bridgehead atoms. The van der Waals surface area contributed by atoms with Gasteiger partial charge in [0.1, 0.15) is 18.0 Å². The van der Waals surface area contributed by atoms with Crippen LogP contribution in [0, 0.1) is 6.92 Å². The van der Waals surface area contributed by atoms with Gasteiger partial charge in [0.25, 0.3) is 0 Å². The molecule has 1 fully saturated rings. The third-order valence-corrected chi connectivity index (χ3v) is 3.82. The third kappa shape index (κ3) is 4.08. The average molecular weight is 262 g/mol. The van der Waals surface area contributed by atoms with E-state index in [0.717, 1.165) is 30.2 Å². The molecule has 1 aliphatic carbocycles. The molecule has 0 aromatic carbocycles. The molecule has 0 aliphatic heterocycles. The van der Waals surface area contributed by atoms with E-state index in [1.165, 1.54) is 38.5 Å². The Balaban J connectivity index is 2.02. The number of nitrogens with one attached hydrogen (secondary N) is 2. The van der Waals surface area contributed by atoms with Crippen molar-refractivity contribution in [1.29, 1.82) is 0 Å². The normalized spacial score (nSPS) is 16.9. The Bertz CT molecular complexity index is 384. The van der Waals surface area contributed by atoms with Crippen LogP contribution in [0.15, 0.2) is 6.33 Å². The summed E-state index contributed by atoms with van der Waals surface area (Å²) in [4.78, 5) is 8.74. The molecule has 0 amide bonds. The Kier molecular flexibility index (Phi) is 5.43. The standard InChI is InChI=1S/C15H26N4/c1-3-10-16-14-12(2)15(18-11-17-14)19-13-8-6-4-5-7-9-13/h11,13H,3-10H2,1-2H3,(H2,16,17,18,19). The summed E-state index contributed by atoms with van der Waals surface area (Å²) in [5.74, 6) is 1.97. The fourth-order valence-electron chi connectivity index (χ4n) is 2.63. The van der Waals surface area contributed by atoms with Gasteiger partial charge in [-0.1, -0.05) is 32.6 Å². The van der Waals surface area contributed by atoms with Crippen molar-refractivity contribution in [3.05, 3.63) is 11.9 Å². The lowest BCUT2D eigenvalue weighted by Crippen LogP contribution is -2.20. The summed E-state index contributed by atoms with van der Waals surface area (Å²) in [7, 11) is 0. The van der Waals surface area contributed by atoms with E-state index in [2.05, 4.69) is 34.4 Å². The predicted octanol–water partition coefficient (Wildman–Crippen LogP) is 3.74. The Morgan fingerprint density at radius 2 is 1.79 bits per heavy atom. The quantitative estimate of drug-likeness (QED) is 0.794. The van der Waals surface area contributed by atoms with Crippen LogP contribution in [-0.4, -0.2) is 22.6 Å². The molecular weight excluding hydrogens is 236 g/mol. The van der Waals surface area contributed by atoms with Crippen LogP contribution >= 0.6 is 0 Å². The van der Waals surface area contributed by atoms with Crippen LogP contribution in [-0.2, 0) is 0 Å². The highest BCUT2D eigenvalue weighted by molar-refractivity contribution is 5.56. The average Bonchev–Trinajstić information content (AvgIpc) is 2.68. The van der Waals surface area contributed by atoms with E-state index < -0.39 is 0 Å². The van der Waals surface area contributed by atoms with E-state index in [1.807, 2.05) is 0 Å². The van der Waals surface area contributed by atoms with Gasteiger partial charge < -0.3 is 10.6 Å². The van der Waals surface area contributed by atoms with Crippen molar-refractivity contribution in [2.45, 2.75) is 64.8 Å². The summed E-state index contributed by atoms with van der Waals surface area (Å²) >= 11 is 0. The molecule has 106 valence electrons. The van der Waals surface area contributed by atoms with Gasteiger partial charge in [-0.25, -0.2) is 9.97 Å². The van der Waals surface area contributed by atoms with E-state index in [-0.39, 0.29) is 0 Å². The number of rotatable bonds is 5. The van der Waals surface area contributed by atoms with Crippen molar-refractivity contribution in [3.63, 3.8) is 0 Å². The third-order valence-electron chi connectivity index (χ3n) is 3.82. The van der Waals surface area contributed by atoms with Crippen molar-refractivity contribution >= 4 is 11.6 Å². The van der Waals surface area contributed by atoms with Crippen molar-refractivity contribution in [2.24, 2.45) is 0 Å². The highest BCUT2D eigenvalue weighted by Crippen LogP contribution is 2.24. The number of nitrogens with zero attached hydrogens (tertiary/aromatic N) is 2. The number of hydrogen-bond acceptors (Lipinski definition) is 4. The summed E-state index contributed by atoms with van der Waals surface area (Å²) in [6.45, 7) is 5.21. The van der Waals surface area contributed by atoms with Gasteiger partial charge in [0, 0.05) is 18.2 Å². The molecule has 1 aromatic heterocycles. The van der Waals surface area contributed by atoms with Crippen molar-refractivity contribution in [1.82, 2.24) is 9.97 Å². The second-order valence-electron chi connectivity index (χ2n) is 5.46. The molecule has 0 atom stereocenters. The first kappa shape index (κ1) is 14.1. The summed E-state index contributed by atoms with van der Waals surface area (Å²) in [6, 6.07) is 0.579. The zero-order valence-electron chi connectivity index (χ0n) is 12.2. The van der Waals surface area contributed by atoms with Gasteiger partial charge in [-0.2, -0.15) is 0 Å². The molecule has 1 aliphatic rings. The molecule has 4 heteroatoms. The van der Waals surface area contributed by atoms with Crippen LogP contribution < -0.4 is 10.6 Å². The molecule has 4 nitrogen and oxygen atoms in total. The van der Waals surface area contributed by atoms with Crippen LogP contribution in [0.5, 0.6) is 0 Å². The van der Waals surface area contributed by atoms with Crippen LogP contribution in [0.2, 0.25) is 0 Å². The van der Waals surface area contributed by atoms with Gasteiger partial charge in [0.15, 0.2) is 0 Å². The second-order valence-corrected chi connectivity index (χ2v) is 5.46. The molecule has 1 heterocycles. The van der Waals surface area contributed by atoms with Crippen molar-refractivity contribution in [2.75, 3.05) is 17.2 Å². The summed E-state index contributed by atoms with van der Waals surface area (Å²) in [5, 5.41) is 6.98. The molecule has 0 unspecified atom stereocenters. The summed E-state index contributed by atoms with van der Waals surface area (Å²) in [5.41, 5.74) is 1.14. The van der Waals surface area contributed by atoms with E-state index in [0.29, 0.717) is 6.04 Å². The maximum absolute atomic E-state index is 4.41. The zero-order chi connectivity index (χ0) is 13.5. The maximum atomic E-state index is 4.41. The molecule has 2 N–H and O–H groups in total. The molecule has 1 saturated carbocycles. The lowest BCUT2D eigenvalue weighted by atomic mass is 10.1. The number of aromatic nitrogens is 2. The molecule has 2 rings (SSSR count). The monoisotopic (exact) mass is 262 g/mol. The minimum atomic E-state index is 0.579. The Morgan fingerprint density at radius 3 is 2.47 bits per heavy atom. The van der Waals surface area contributed by atoms with Crippen LogP contribution in [0.4, 0.5) is 11.6 Å². The molecule has 1 aromatic rings. The van der Waals surface area contributed by atoms with Gasteiger partial charge in [-0.3, -0.25) is 0 Å². The molecular formula is C15H26N4. The van der Waals surface area contributed by atoms with Gasteiger partial charge in [0.05, 0.1) is 0 Å². The van der Waals surface area contributed by atoms with Crippen LogP contribution in [0.1, 0.15) is 57.4 Å². The molecule has 0 spiro atoms. The summed E-state index contributed by atoms with van der Waals surface area (Å²) < 4.78 is 0. The molecule has 0 saturated heterocycles. The Morgan fingerprint density at radius 1 is 1.11 bits per heavy atom. The summed E-state index contributed by atoms with van der Waals surface area (Å²) in [6.07, 6.45) is 10.7. The van der Waals surface area contributed by atoms with Crippen LogP contribution in [0.3, 0.4) is 0 Å². The molecule has 19 heavy (non-hydrogen) atoms. The number of hydrogen-bond donors (Lipinski definition) is 2. The Labute approximate surface area is 116 Å². The highest BCUT2D eigenvalue weighted by atomic mass is 15.1. The lowest BCUT2D eigenvalue weighted by molar-refractivity contribution is 0.617. The first-order valence-electron chi connectivity index (χ1n) is 7.63. The first-order chi connectivity index (χ1) is 9.31. The van der Waals surface area contributed by atoms with Gasteiger partial charge >= 0.3 is 0 Å². The van der Waals surface area contributed by atoms with E-state index in [4.69, 9.17) is 0 Å². The zero-order valence-corrected chi connectivity index (χ0v) is 12.2. The van der Waals surface area contributed by atoms with E-state index in [1.54, 1.807) is 6.33 Å². The van der Waals surface area contributed by atoms with Gasteiger partial charge in [-0.05, 0) is 26.2 Å². The van der Waals surface area contributed by atoms with Crippen molar-refractivity contribution < 1.29 is 0 Å². The second kappa shape index (κ2) is 7.31. The van der Waals surface area contributed by atoms with Gasteiger partial charge in [0.2, 0.25) is 0 Å². The Hall–Kier alpha value is -1.32. The fraction of sp³-hybridized carbons (Fsp3) is 0.733. The van der Waals surface area contributed by atoms with Crippen molar-refractivity contribution in [3.8, 4) is 0 Å². The maximum Gasteiger partial charge on any atom is 0.134 e. The van der Waals surface area contributed by atoms with E-state index >= 15 is 0 Å². The molecule has 0 radical (unpaired) electrons. The minimum absolute atomic E-state index is 0.579. The first-order valence-corrected chi connectivity index (χ1v) is 7.63. The van der Waals surface area contributed by atoms with E-state index in [9.17, 15) is 0 Å². The largest absolute Gasteiger partial charge is 0.370 e. The fourth-order valence-corrected chi connectivity index (χ4v) is 2.63. The lowest BCUT2D eigenvalue weighted by Gasteiger charge is -2.19. The highest BCUT2D eigenvalue weighted by Gasteiger charge is 2.14.